The van der Waals surface area contributed by atoms with Crippen molar-refractivity contribution < 1.29 is 0 Å². The van der Waals surface area contributed by atoms with Crippen LogP contribution in [0, 0.1) is 5.92 Å². The maximum absolute atomic E-state index is 5.83. The van der Waals surface area contributed by atoms with Crippen LogP contribution in [0.5, 0.6) is 0 Å². The molecular formula is C19H34N6P2S2. The number of anilines is 1. The van der Waals surface area contributed by atoms with Crippen molar-refractivity contribution in [2.45, 2.75) is 20.8 Å². The summed E-state index contributed by atoms with van der Waals surface area (Å²) in [5.41, 5.74) is 24.2. The second-order valence-corrected chi connectivity index (χ2v) is 14.6. The highest BCUT2D eigenvalue weighted by atomic mass is 32.5. The number of benzene rings is 2. The average molecular weight is 473 g/mol. The number of rotatable bonds is 7. The highest BCUT2D eigenvalue weighted by molar-refractivity contribution is 8.13. The van der Waals surface area contributed by atoms with Gasteiger partial charge in [0.15, 0.2) is 6.49 Å². The van der Waals surface area contributed by atoms with E-state index in [-0.39, 0.29) is 0 Å². The lowest BCUT2D eigenvalue weighted by molar-refractivity contribution is 0.423. The largest absolute Gasteiger partial charge is 0.324 e. The third kappa shape index (κ3) is 8.93. The molecule has 0 aliphatic carbocycles. The summed E-state index contributed by atoms with van der Waals surface area (Å²) >= 11 is 10.2. The Morgan fingerprint density at radius 1 is 0.966 bits per heavy atom. The minimum absolute atomic E-state index is 0.541. The minimum Gasteiger partial charge on any atom is -0.324 e. The minimum atomic E-state index is -2.42. The molecule has 0 atom stereocenters. The van der Waals surface area contributed by atoms with Crippen molar-refractivity contribution in [1.29, 1.82) is 0 Å². The van der Waals surface area contributed by atoms with Gasteiger partial charge in [-0.25, -0.2) is 4.67 Å². The number of hydrogen-bond acceptors (Lipinski definition) is 2. The molecule has 2 rings (SSSR count). The predicted molar refractivity (Wildman–Crippen MR) is 139 cm³/mol. The summed E-state index contributed by atoms with van der Waals surface area (Å²) in [6.07, 6.45) is 4.02. The Morgan fingerprint density at radius 2 is 1.55 bits per heavy atom. The molecule has 0 fully saturated rings. The summed E-state index contributed by atoms with van der Waals surface area (Å²) in [5.74, 6) is 0.541. The topological polar surface area (TPSA) is 111 Å². The zero-order valence-corrected chi connectivity index (χ0v) is 21.0. The Bertz CT molecular complexity index is 901. The molecule has 0 unspecified atom stereocenters. The van der Waals surface area contributed by atoms with Crippen molar-refractivity contribution in [1.82, 2.24) is 4.67 Å². The molecular weight excluding hydrogens is 438 g/mol. The van der Waals surface area contributed by atoms with E-state index in [4.69, 9.17) is 45.6 Å². The second-order valence-electron chi connectivity index (χ2n) is 7.20. The Morgan fingerprint density at radius 3 is 2.07 bits per heavy atom. The molecule has 0 spiro atoms. The molecule has 0 amide bonds. The number of nitrogens with two attached hydrogens (primary N) is 4. The molecule has 0 aliphatic rings. The van der Waals surface area contributed by atoms with Crippen molar-refractivity contribution >= 4 is 53.1 Å². The fraction of sp³-hybridized carbons (Fsp3) is 0.368. The van der Waals surface area contributed by atoms with E-state index < -0.39 is 13.0 Å². The molecule has 29 heavy (non-hydrogen) atoms. The number of nitrogens with zero attached hydrogens (tertiary/aromatic N) is 2. The van der Waals surface area contributed by atoms with Gasteiger partial charge in [0.1, 0.15) is 6.49 Å². The maximum Gasteiger partial charge on any atom is 0.158 e. The van der Waals surface area contributed by atoms with E-state index in [1.54, 1.807) is 0 Å². The number of allylic oxidation sites excluding steroid dienone is 1. The predicted octanol–water partition coefficient (Wildman–Crippen LogP) is 4.08. The first-order valence-corrected chi connectivity index (χ1v) is 15.1. The van der Waals surface area contributed by atoms with Crippen molar-refractivity contribution in [2.75, 3.05) is 24.8 Å². The Kier molecular flexibility index (Phi) is 10.6. The van der Waals surface area contributed by atoms with Crippen molar-refractivity contribution in [3.05, 3.63) is 54.6 Å². The smallest absolute Gasteiger partial charge is 0.158 e. The van der Waals surface area contributed by atoms with Crippen LogP contribution in [0.3, 0.4) is 0 Å². The Hall–Kier alpha value is -0.660. The summed E-state index contributed by atoms with van der Waals surface area (Å²) in [7, 11) is 1.85. The Labute approximate surface area is 185 Å². The molecule has 10 heteroatoms. The van der Waals surface area contributed by atoms with Crippen LogP contribution >= 0.6 is 13.0 Å². The van der Waals surface area contributed by atoms with Gasteiger partial charge in [-0.05, 0) is 47.9 Å². The first kappa shape index (κ1) is 26.4. The van der Waals surface area contributed by atoms with Crippen LogP contribution in [-0.4, -0.2) is 24.8 Å². The van der Waals surface area contributed by atoms with E-state index in [1.165, 1.54) is 0 Å². The number of hydrogen-bond donors (Lipinski definition) is 4. The van der Waals surface area contributed by atoms with Gasteiger partial charge in [0.05, 0.1) is 0 Å². The van der Waals surface area contributed by atoms with Crippen LogP contribution < -0.4 is 26.7 Å². The molecule has 0 bridgehead atoms. The molecule has 2 aromatic carbocycles. The summed E-state index contributed by atoms with van der Waals surface area (Å²) in [5, 5.41) is 2.29. The standard InChI is InChI=1S/C11H14N3PS.C8H20N3PS/c1-14(15(12,13)16)11-8-4-6-9-5-2-3-7-10(9)11;1-4-5-6-11(7-8(2)3)12(9,10)13/h2-8H,1H3,(H4,12,13,16);4-5,8H,6-7H2,1-3H3,(H4,9,10,13). The van der Waals surface area contributed by atoms with Gasteiger partial charge in [0.2, 0.25) is 0 Å². The number of fused-ring (bicyclic) bond motifs is 1. The van der Waals surface area contributed by atoms with Crippen LogP contribution in [0.15, 0.2) is 54.6 Å². The lowest BCUT2D eigenvalue weighted by atomic mass is 10.1. The summed E-state index contributed by atoms with van der Waals surface area (Å²) in [6.45, 7) is 3.21. The lowest BCUT2D eigenvalue weighted by Crippen LogP contribution is -2.31. The van der Waals surface area contributed by atoms with Crippen LogP contribution in [0.25, 0.3) is 10.8 Å². The highest BCUT2D eigenvalue weighted by Crippen LogP contribution is 2.39. The van der Waals surface area contributed by atoms with Gasteiger partial charge >= 0.3 is 0 Å². The van der Waals surface area contributed by atoms with E-state index >= 15 is 0 Å². The maximum atomic E-state index is 5.83. The molecule has 2 aromatic rings. The van der Waals surface area contributed by atoms with Gasteiger partial charge in [0.25, 0.3) is 0 Å². The first-order valence-electron chi connectivity index (χ1n) is 9.30. The fourth-order valence-corrected chi connectivity index (χ4v) is 4.74. The molecule has 0 aromatic heterocycles. The fourth-order valence-electron chi connectivity index (χ4n) is 2.64. The zero-order valence-electron chi connectivity index (χ0n) is 17.6. The van der Waals surface area contributed by atoms with Gasteiger partial charge in [0, 0.05) is 31.2 Å². The molecule has 162 valence electrons. The van der Waals surface area contributed by atoms with E-state index in [2.05, 4.69) is 26.0 Å². The normalized spacial score (nSPS) is 12.5. The highest BCUT2D eigenvalue weighted by Gasteiger charge is 2.16. The van der Waals surface area contributed by atoms with E-state index in [0.717, 1.165) is 29.5 Å². The zero-order chi connectivity index (χ0) is 22.2. The summed E-state index contributed by atoms with van der Waals surface area (Å²) in [4.78, 5) is 0. The van der Waals surface area contributed by atoms with Crippen molar-refractivity contribution in [3.8, 4) is 0 Å². The monoisotopic (exact) mass is 472 g/mol. The molecule has 6 nitrogen and oxygen atoms in total. The van der Waals surface area contributed by atoms with Crippen molar-refractivity contribution in [2.24, 2.45) is 27.9 Å². The van der Waals surface area contributed by atoms with E-state index in [0.29, 0.717) is 5.92 Å². The van der Waals surface area contributed by atoms with Crippen molar-refractivity contribution in [3.63, 3.8) is 0 Å². The lowest BCUT2D eigenvalue weighted by Gasteiger charge is -2.28. The third-order valence-electron chi connectivity index (χ3n) is 4.15. The van der Waals surface area contributed by atoms with Crippen LogP contribution in [0.2, 0.25) is 0 Å². The van der Waals surface area contributed by atoms with Gasteiger partial charge in [-0.1, -0.05) is 62.4 Å². The van der Waals surface area contributed by atoms with E-state index in [1.807, 2.05) is 65.8 Å². The first-order chi connectivity index (χ1) is 13.4. The summed E-state index contributed by atoms with van der Waals surface area (Å²) < 4.78 is 3.80. The average Bonchev–Trinajstić information content (AvgIpc) is 2.62. The second kappa shape index (κ2) is 11.7. The van der Waals surface area contributed by atoms with Crippen LogP contribution in [0.4, 0.5) is 5.69 Å². The van der Waals surface area contributed by atoms with Gasteiger partial charge in [-0.3, -0.25) is 22.0 Å². The quantitative estimate of drug-likeness (QED) is 0.352. The van der Waals surface area contributed by atoms with Crippen LogP contribution in [0.1, 0.15) is 20.8 Å². The molecule has 8 N–H and O–H groups in total. The van der Waals surface area contributed by atoms with Gasteiger partial charge in [-0.15, -0.1) is 0 Å². The molecule has 0 saturated heterocycles. The van der Waals surface area contributed by atoms with Crippen LogP contribution in [-0.2, 0) is 23.6 Å². The molecule has 0 saturated carbocycles. The summed E-state index contributed by atoms with van der Waals surface area (Å²) in [6, 6.07) is 14.1. The molecule has 0 radical (unpaired) electrons. The van der Waals surface area contributed by atoms with E-state index in [9.17, 15) is 0 Å². The van der Waals surface area contributed by atoms with Gasteiger partial charge in [-0.2, -0.15) is 0 Å². The molecule has 0 aliphatic heterocycles. The van der Waals surface area contributed by atoms with Gasteiger partial charge < -0.3 is 4.67 Å². The SMILES string of the molecule is CC=CCN(CC(C)C)P(N)(N)=S.CN(c1cccc2ccccc12)P(N)(N)=S. The third-order valence-corrected chi connectivity index (χ3v) is 7.95. The molecule has 0 heterocycles. The Balaban J connectivity index is 0.000000298.